The summed E-state index contributed by atoms with van der Waals surface area (Å²) in [5, 5.41) is 1.91. The summed E-state index contributed by atoms with van der Waals surface area (Å²) in [6, 6.07) is 16.9. The van der Waals surface area contributed by atoms with E-state index in [1.165, 1.54) is 22.5 Å². The maximum Gasteiger partial charge on any atom is 0.418 e. The standard InChI is InChI=1S/C26H22ClF3N2O5S/c27-18-10-11-22(21(14-18)26(28,29)30)31-24(33)16-37-25(34)15-23-20-9-5-4-6-17(20)12-13-32(23)38(35,36)19-7-2-1-3-8-19/h1-11,14,23H,12-13,15-16H2,(H,31,33). The lowest BCUT2D eigenvalue weighted by Crippen LogP contribution is -2.41. The molecule has 1 N–H and O–H groups in total. The van der Waals surface area contributed by atoms with Gasteiger partial charge in [-0.1, -0.05) is 54.1 Å². The first-order valence-corrected chi connectivity index (χ1v) is 13.3. The lowest BCUT2D eigenvalue weighted by atomic mass is 9.92. The van der Waals surface area contributed by atoms with Gasteiger partial charge in [-0.25, -0.2) is 8.42 Å². The van der Waals surface area contributed by atoms with Crippen molar-refractivity contribution >= 4 is 39.2 Å². The maximum atomic E-state index is 13.4. The monoisotopic (exact) mass is 566 g/mol. The molecule has 1 aliphatic rings. The number of sulfonamides is 1. The van der Waals surface area contributed by atoms with Gasteiger partial charge in [-0.15, -0.1) is 0 Å². The molecule has 3 aromatic carbocycles. The third-order valence-electron chi connectivity index (χ3n) is 6.00. The van der Waals surface area contributed by atoms with E-state index in [0.717, 1.165) is 11.6 Å². The molecule has 0 aromatic heterocycles. The Morgan fingerprint density at radius 1 is 1.03 bits per heavy atom. The van der Waals surface area contributed by atoms with Crippen LogP contribution < -0.4 is 5.32 Å². The Morgan fingerprint density at radius 2 is 1.71 bits per heavy atom. The number of anilines is 1. The molecule has 12 heteroatoms. The summed E-state index contributed by atoms with van der Waals surface area (Å²) in [6.45, 7) is -0.734. The Hall–Kier alpha value is -3.41. The van der Waals surface area contributed by atoms with E-state index in [9.17, 15) is 31.2 Å². The molecule has 0 radical (unpaired) electrons. The van der Waals surface area contributed by atoms with Gasteiger partial charge >= 0.3 is 12.1 Å². The summed E-state index contributed by atoms with van der Waals surface area (Å²) < 4.78 is 72.9. The van der Waals surface area contributed by atoms with Gasteiger partial charge in [-0.05, 0) is 47.9 Å². The second-order valence-corrected chi connectivity index (χ2v) is 10.8. The largest absolute Gasteiger partial charge is 0.456 e. The molecule has 4 rings (SSSR count). The molecule has 0 bridgehead atoms. The van der Waals surface area contributed by atoms with Gasteiger partial charge in [0.1, 0.15) is 0 Å². The lowest BCUT2D eigenvalue weighted by molar-refractivity contribution is -0.148. The van der Waals surface area contributed by atoms with Crippen molar-refractivity contribution in [2.24, 2.45) is 0 Å². The topological polar surface area (TPSA) is 92.8 Å². The van der Waals surface area contributed by atoms with E-state index in [4.69, 9.17) is 16.3 Å². The molecule has 0 fully saturated rings. The maximum absolute atomic E-state index is 13.4. The zero-order valence-corrected chi connectivity index (χ0v) is 21.3. The van der Waals surface area contributed by atoms with Crippen LogP contribution in [0.15, 0.2) is 77.7 Å². The van der Waals surface area contributed by atoms with E-state index in [2.05, 4.69) is 5.32 Å². The fourth-order valence-electron chi connectivity index (χ4n) is 4.27. The first-order chi connectivity index (χ1) is 18.0. The summed E-state index contributed by atoms with van der Waals surface area (Å²) in [7, 11) is -3.96. The average Bonchev–Trinajstić information content (AvgIpc) is 2.88. The number of carbonyl (C=O) groups is 2. The molecule has 3 aromatic rings. The van der Waals surface area contributed by atoms with E-state index < -0.39 is 58.4 Å². The molecule has 7 nitrogen and oxygen atoms in total. The van der Waals surface area contributed by atoms with Crippen LogP contribution in [0, 0.1) is 0 Å². The minimum Gasteiger partial charge on any atom is -0.456 e. The fourth-order valence-corrected chi connectivity index (χ4v) is 6.06. The van der Waals surface area contributed by atoms with Crippen LogP contribution in [0.5, 0.6) is 0 Å². The van der Waals surface area contributed by atoms with Crippen LogP contribution in [-0.4, -0.2) is 37.8 Å². The second-order valence-electron chi connectivity index (χ2n) is 8.49. The number of hydrogen-bond donors (Lipinski definition) is 1. The summed E-state index contributed by atoms with van der Waals surface area (Å²) >= 11 is 5.64. The first-order valence-electron chi connectivity index (χ1n) is 11.4. The zero-order valence-electron chi connectivity index (χ0n) is 19.7. The normalized spacial score (nSPS) is 15.9. The minimum atomic E-state index is -4.77. The van der Waals surface area contributed by atoms with E-state index in [-0.39, 0.29) is 16.5 Å². The number of rotatable bonds is 7. The van der Waals surface area contributed by atoms with Crippen molar-refractivity contribution in [1.82, 2.24) is 4.31 Å². The Balaban J connectivity index is 1.49. The number of fused-ring (bicyclic) bond motifs is 1. The molecule has 0 spiro atoms. The van der Waals surface area contributed by atoms with E-state index in [1.54, 1.807) is 30.3 Å². The average molecular weight is 567 g/mol. The van der Waals surface area contributed by atoms with Gasteiger partial charge in [0, 0.05) is 11.6 Å². The molecule has 0 aliphatic carbocycles. The molecule has 1 heterocycles. The van der Waals surface area contributed by atoms with Crippen LogP contribution in [0.4, 0.5) is 18.9 Å². The van der Waals surface area contributed by atoms with E-state index >= 15 is 0 Å². The lowest BCUT2D eigenvalue weighted by Gasteiger charge is -2.36. The Labute approximate surface area is 222 Å². The van der Waals surface area contributed by atoms with Crippen LogP contribution in [0.3, 0.4) is 0 Å². The van der Waals surface area contributed by atoms with Crippen LogP contribution in [0.2, 0.25) is 5.02 Å². The van der Waals surface area contributed by atoms with Crippen molar-refractivity contribution in [2.45, 2.75) is 30.0 Å². The van der Waals surface area contributed by atoms with Crippen molar-refractivity contribution < 1.29 is 35.9 Å². The van der Waals surface area contributed by atoms with Crippen molar-refractivity contribution in [3.8, 4) is 0 Å². The van der Waals surface area contributed by atoms with Crippen molar-refractivity contribution in [2.75, 3.05) is 18.5 Å². The van der Waals surface area contributed by atoms with E-state index in [0.29, 0.717) is 18.1 Å². The molecule has 200 valence electrons. The van der Waals surface area contributed by atoms with Crippen molar-refractivity contribution in [1.29, 1.82) is 0 Å². The SMILES string of the molecule is O=C(COC(=O)CC1c2ccccc2CCN1S(=O)(=O)c1ccccc1)Nc1ccc(Cl)cc1C(F)(F)F. The molecule has 0 saturated heterocycles. The predicted molar refractivity (Wildman–Crippen MR) is 134 cm³/mol. The number of nitrogens with one attached hydrogen (secondary N) is 1. The third-order valence-corrected chi connectivity index (χ3v) is 8.16. The summed E-state index contributed by atoms with van der Waals surface area (Å²) in [5.41, 5.74) is -0.171. The Morgan fingerprint density at radius 3 is 2.42 bits per heavy atom. The summed E-state index contributed by atoms with van der Waals surface area (Å²) in [4.78, 5) is 25.1. The number of alkyl halides is 3. The molecule has 0 saturated carbocycles. The number of esters is 1. The van der Waals surface area contributed by atoms with Gasteiger partial charge in [-0.3, -0.25) is 9.59 Å². The number of hydrogen-bond acceptors (Lipinski definition) is 5. The van der Waals surface area contributed by atoms with Crippen LogP contribution in [-0.2, 0) is 36.9 Å². The quantitative estimate of drug-likeness (QED) is 0.396. The second kappa shape index (κ2) is 11.1. The van der Waals surface area contributed by atoms with Crippen LogP contribution >= 0.6 is 11.6 Å². The smallest absolute Gasteiger partial charge is 0.418 e. The molecule has 1 aliphatic heterocycles. The molecule has 1 atom stereocenters. The Kier molecular flexibility index (Phi) is 8.10. The van der Waals surface area contributed by atoms with Gasteiger partial charge in [0.2, 0.25) is 10.0 Å². The fraction of sp³-hybridized carbons (Fsp3) is 0.231. The van der Waals surface area contributed by atoms with Crippen molar-refractivity contribution in [3.63, 3.8) is 0 Å². The van der Waals surface area contributed by atoms with Gasteiger partial charge < -0.3 is 10.1 Å². The number of nitrogens with zero attached hydrogens (tertiary/aromatic N) is 1. The number of halogens is 4. The number of amides is 1. The van der Waals surface area contributed by atoms with Gasteiger partial charge in [0.25, 0.3) is 5.91 Å². The highest BCUT2D eigenvalue weighted by atomic mass is 35.5. The molecule has 38 heavy (non-hydrogen) atoms. The van der Waals surface area contributed by atoms with Gasteiger partial charge in [0.05, 0.1) is 28.6 Å². The molecule has 1 unspecified atom stereocenters. The highest BCUT2D eigenvalue weighted by molar-refractivity contribution is 7.89. The molecular formula is C26H22ClF3N2O5S. The molecule has 1 amide bonds. The minimum absolute atomic E-state index is 0.0700. The summed E-state index contributed by atoms with van der Waals surface area (Å²) in [5.74, 6) is -1.88. The van der Waals surface area contributed by atoms with Crippen LogP contribution in [0.25, 0.3) is 0 Å². The predicted octanol–water partition coefficient (Wildman–Crippen LogP) is 5.22. The van der Waals surface area contributed by atoms with Crippen molar-refractivity contribution in [3.05, 3.63) is 94.5 Å². The van der Waals surface area contributed by atoms with Gasteiger partial charge in [-0.2, -0.15) is 17.5 Å². The Bertz CT molecular complexity index is 1450. The third kappa shape index (κ3) is 6.17. The first kappa shape index (κ1) is 27.6. The summed E-state index contributed by atoms with van der Waals surface area (Å²) in [6.07, 6.45) is -4.73. The van der Waals surface area contributed by atoms with Gasteiger partial charge in [0.15, 0.2) is 6.61 Å². The zero-order chi connectivity index (χ0) is 27.5. The number of benzene rings is 3. The highest BCUT2D eigenvalue weighted by Crippen LogP contribution is 2.37. The highest BCUT2D eigenvalue weighted by Gasteiger charge is 2.38. The molecular weight excluding hydrogens is 545 g/mol. The van der Waals surface area contributed by atoms with Crippen LogP contribution in [0.1, 0.15) is 29.2 Å². The number of carbonyl (C=O) groups excluding carboxylic acids is 2. The van der Waals surface area contributed by atoms with E-state index in [1.807, 2.05) is 12.1 Å². The number of ether oxygens (including phenoxy) is 1.